The van der Waals surface area contributed by atoms with Crippen LogP contribution in [-0.4, -0.2) is 30.0 Å². The number of aryl methyl sites for hydroxylation is 1. The molecule has 0 atom stereocenters. The molecule has 0 spiro atoms. The molecule has 0 radical (unpaired) electrons. The number of imidazole rings is 1. The lowest BCUT2D eigenvalue weighted by molar-refractivity contribution is -0.116. The van der Waals surface area contributed by atoms with Crippen LogP contribution in [0.5, 0.6) is 5.75 Å². The van der Waals surface area contributed by atoms with Crippen molar-refractivity contribution in [2.45, 2.75) is 24.8 Å². The van der Waals surface area contributed by atoms with E-state index in [2.05, 4.69) is 5.32 Å². The summed E-state index contributed by atoms with van der Waals surface area (Å²) in [6.45, 7) is 1.73. The third kappa shape index (κ3) is 4.40. The molecule has 0 aliphatic rings. The maximum Gasteiger partial charge on any atom is 0.342 e. The molecule has 1 heterocycles. The Kier molecular flexibility index (Phi) is 5.88. The monoisotopic (exact) mass is 415 g/mol. The highest BCUT2D eigenvalue weighted by Crippen LogP contribution is 2.17. The van der Waals surface area contributed by atoms with Crippen LogP contribution in [0.25, 0.3) is 0 Å². The van der Waals surface area contributed by atoms with Crippen LogP contribution < -0.4 is 15.7 Å². The first-order valence-electron chi connectivity index (χ1n) is 8.91. The number of hydrogen-bond donors (Lipinski definition) is 1. The van der Waals surface area contributed by atoms with Crippen molar-refractivity contribution in [1.29, 1.82) is 0 Å². The zero-order valence-corrected chi connectivity index (χ0v) is 16.8. The lowest BCUT2D eigenvalue weighted by atomic mass is 10.1. The minimum Gasteiger partial charge on any atom is -0.497 e. The highest BCUT2D eigenvalue weighted by atomic mass is 32.2. The molecule has 0 aliphatic carbocycles. The first-order chi connectivity index (χ1) is 13.8. The molecule has 8 nitrogen and oxygen atoms in total. The Bertz CT molecular complexity index is 1160. The smallest absolute Gasteiger partial charge is 0.342 e. The second-order valence-corrected chi connectivity index (χ2v) is 8.10. The molecule has 0 saturated heterocycles. The summed E-state index contributed by atoms with van der Waals surface area (Å²) < 4.78 is 32.1. The molecule has 3 aromatic rings. The Hall–Kier alpha value is -3.33. The van der Waals surface area contributed by atoms with Crippen LogP contribution in [0.4, 0.5) is 5.69 Å². The average Bonchev–Trinajstić information content (AvgIpc) is 3.09. The fraction of sp³-hybridized carbons (Fsp3) is 0.200. The van der Waals surface area contributed by atoms with Gasteiger partial charge in [-0.3, -0.25) is 9.36 Å². The third-order valence-corrected chi connectivity index (χ3v) is 6.06. The standard InChI is InChI=1S/C20H21N3O5S/c1-3-15-4-6-16(7-5-15)21-19(24)14-22-12-13-23(20(22)25)29(26,27)18-10-8-17(28-2)9-11-18/h4-13H,3,14H2,1-2H3,(H,21,24). The predicted molar refractivity (Wildman–Crippen MR) is 109 cm³/mol. The SMILES string of the molecule is CCc1ccc(NC(=O)Cn2ccn(S(=O)(=O)c3ccc(OC)cc3)c2=O)cc1. The summed E-state index contributed by atoms with van der Waals surface area (Å²) in [5.41, 5.74) is 0.919. The summed E-state index contributed by atoms with van der Waals surface area (Å²) in [5, 5.41) is 2.69. The van der Waals surface area contributed by atoms with Crippen LogP contribution in [-0.2, 0) is 27.8 Å². The van der Waals surface area contributed by atoms with Crippen molar-refractivity contribution in [3.63, 3.8) is 0 Å². The van der Waals surface area contributed by atoms with E-state index in [9.17, 15) is 18.0 Å². The summed E-state index contributed by atoms with van der Waals surface area (Å²) >= 11 is 0. The number of hydrogen-bond acceptors (Lipinski definition) is 5. The van der Waals surface area contributed by atoms with Gasteiger partial charge in [-0.25, -0.2) is 13.2 Å². The predicted octanol–water partition coefficient (Wildman–Crippen LogP) is 2.10. The third-order valence-electron chi connectivity index (χ3n) is 4.39. The lowest BCUT2D eigenvalue weighted by Crippen LogP contribution is -2.32. The fourth-order valence-corrected chi connectivity index (χ4v) is 3.97. The molecule has 3 rings (SSSR count). The van der Waals surface area contributed by atoms with Crippen LogP contribution in [0.1, 0.15) is 12.5 Å². The molecule has 1 amide bonds. The summed E-state index contributed by atoms with van der Waals surface area (Å²) in [6.07, 6.45) is 3.29. The van der Waals surface area contributed by atoms with E-state index in [1.54, 1.807) is 12.1 Å². The Labute approximate surface area is 168 Å². The molecule has 1 aromatic heterocycles. The first kappa shape index (κ1) is 20.4. The molecule has 0 aliphatic heterocycles. The van der Waals surface area contributed by atoms with Crippen molar-refractivity contribution in [2.75, 3.05) is 12.4 Å². The molecule has 0 fully saturated rings. The van der Waals surface area contributed by atoms with E-state index < -0.39 is 21.6 Å². The van der Waals surface area contributed by atoms with Gasteiger partial charge in [-0.15, -0.1) is 0 Å². The van der Waals surface area contributed by atoms with Crippen LogP contribution in [0.3, 0.4) is 0 Å². The lowest BCUT2D eigenvalue weighted by Gasteiger charge is -2.07. The number of carbonyl (C=O) groups excluding carboxylic acids is 1. The van der Waals surface area contributed by atoms with Gasteiger partial charge in [0.05, 0.1) is 12.0 Å². The van der Waals surface area contributed by atoms with Crippen LogP contribution in [0, 0.1) is 0 Å². The van der Waals surface area contributed by atoms with Crippen LogP contribution in [0.2, 0.25) is 0 Å². The van der Waals surface area contributed by atoms with Crippen LogP contribution in [0.15, 0.2) is 70.6 Å². The van der Waals surface area contributed by atoms with E-state index in [4.69, 9.17) is 4.74 Å². The van der Waals surface area contributed by atoms with Crippen molar-refractivity contribution in [1.82, 2.24) is 8.54 Å². The van der Waals surface area contributed by atoms with Gasteiger partial charge in [0.2, 0.25) is 5.91 Å². The Morgan fingerprint density at radius 1 is 1.03 bits per heavy atom. The van der Waals surface area contributed by atoms with E-state index >= 15 is 0 Å². The normalized spacial score (nSPS) is 11.2. The zero-order valence-electron chi connectivity index (χ0n) is 16.0. The topological polar surface area (TPSA) is 99.4 Å². The Balaban J connectivity index is 1.77. The summed E-state index contributed by atoms with van der Waals surface area (Å²) in [5.74, 6) is 0.0634. The molecule has 2 aromatic carbocycles. The Morgan fingerprint density at radius 3 is 2.28 bits per heavy atom. The minimum absolute atomic E-state index is 0.0568. The summed E-state index contributed by atoms with van der Waals surface area (Å²) in [4.78, 5) is 24.7. The average molecular weight is 415 g/mol. The van der Waals surface area contributed by atoms with Gasteiger partial charge in [0.15, 0.2) is 0 Å². The fourth-order valence-electron chi connectivity index (χ4n) is 2.74. The van der Waals surface area contributed by atoms with E-state index in [1.165, 1.54) is 37.6 Å². The van der Waals surface area contributed by atoms with E-state index in [0.717, 1.165) is 22.7 Å². The number of aromatic nitrogens is 2. The number of methoxy groups -OCH3 is 1. The van der Waals surface area contributed by atoms with Crippen molar-refractivity contribution < 1.29 is 17.9 Å². The molecule has 29 heavy (non-hydrogen) atoms. The highest BCUT2D eigenvalue weighted by Gasteiger charge is 2.21. The van der Waals surface area contributed by atoms with E-state index in [0.29, 0.717) is 15.4 Å². The molecule has 0 unspecified atom stereocenters. The van der Waals surface area contributed by atoms with E-state index in [-0.39, 0.29) is 11.4 Å². The van der Waals surface area contributed by atoms with E-state index in [1.807, 2.05) is 19.1 Å². The van der Waals surface area contributed by atoms with Crippen molar-refractivity contribution in [2.24, 2.45) is 0 Å². The first-order valence-corrected chi connectivity index (χ1v) is 10.4. The molecule has 0 bridgehead atoms. The van der Waals surface area contributed by atoms with Gasteiger partial charge in [0, 0.05) is 18.1 Å². The number of nitrogens with one attached hydrogen (secondary N) is 1. The highest BCUT2D eigenvalue weighted by molar-refractivity contribution is 7.90. The maximum absolute atomic E-state index is 12.7. The van der Waals surface area contributed by atoms with Crippen LogP contribution >= 0.6 is 0 Å². The number of anilines is 1. The molecule has 152 valence electrons. The van der Waals surface area contributed by atoms with Crippen molar-refractivity contribution >= 4 is 21.6 Å². The van der Waals surface area contributed by atoms with Gasteiger partial charge in [-0.1, -0.05) is 19.1 Å². The molecular formula is C20H21N3O5S. The number of benzene rings is 2. The van der Waals surface area contributed by atoms with Gasteiger partial charge in [0.1, 0.15) is 12.3 Å². The number of amides is 1. The van der Waals surface area contributed by atoms with Gasteiger partial charge >= 0.3 is 5.69 Å². The maximum atomic E-state index is 12.7. The van der Waals surface area contributed by atoms with Gasteiger partial charge in [-0.05, 0) is 48.4 Å². The number of carbonyl (C=O) groups is 1. The van der Waals surface area contributed by atoms with Gasteiger partial charge < -0.3 is 10.1 Å². The molecule has 0 saturated carbocycles. The summed E-state index contributed by atoms with van der Waals surface area (Å²) in [6, 6.07) is 13.0. The van der Waals surface area contributed by atoms with Crippen molar-refractivity contribution in [3.05, 3.63) is 77.0 Å². The number of nitrogens with zero attached hydrogens (tertiary/aromatic N) is 2. The second kappa shape index (κ2) is 8.36. The largest absolute Gasteiger partial charge is 0.497 e. The Morgan fingerprint density at radius 2 is 1.69 bits per heavy atom. The minimum atomic E-state index is -4.08. The number of ether oxygens (including phenoxy) is 1. The molecule has 1 N–H and O–H groups in total. The van der Waals surface area contributed by atoms with Crippen molar-refractivity contribution in [3.8, 4) is 5.75 Å². The quantitative estimate of drug-likeness (QED) is 0.637. The van der Waals surface area contributed by atoms with Gasteiger partial charge in [-0.2, -0.15) is 3.97 Å². The summed E-state index contributed by atoms with van der Waals surface area (Å²) in [7, 11) is -2.61. The molecular weight excluding hydrogens is 394 g/mol. The van der Waals surface area contributed by atoms with Gasteiger partial charge in [0.25, 0.3) is 10.0 Å². The zero-order chi connectivity index (χ0) is 21.0. The second-order valence-electron chi connectivity index (χ2n) is 6.28. The number of rotatable bonds is 7. The molecule has 9 heteroatoms.